The van der Waals surface area contributed by atoms with Gasteiger partial charge in [0.1, 0.15) is 17.3 Å². The van der Waals surface area contributed by atoms with Gasteiger partial charge in [-0.1, -0.05) is 42.8 Å². The Bertz CT molecular complexity index is 2110. The molecule has 5 aromatic rings. The van der Waals surface area contributed by atoms with Crippen molar-refractivity contribution in [1.82, 2.24) is 29.8 Å². The van der Waals surface area contributed by atoms with Gasteiger partial charge in [-0.2, -0.15) is 5.26 Å². The average molecular weight is 636 g/mol. The minimum Gasteiger partial charge on any atom is -0.381 e. The number of nitrogens with one attached hydrogen (secondary N) is 2. The summed E-state index contributed by atoms with van der Waals surface area (Å²) in [4.78, 5) is 13.1. The lowest BCUT2D eigenvalue weighted by Gasteiger charge is -2.61. The quantitative estimate of drug-likeness (QED) is 0.236. The van der Waals surface area contributed by atoms with Crippen molar-refractivity contribution in [1.29, 1.82) is 5.26 Å². The van der Waals surface area contributed by atoms with E-state index in [9.17, 15) is 10.1 Å². The number of fused-ring (bicyclic) bond motifs is 2. The summed E-state index contributed by atoms with van der Waals surface area (Å²) in [5.74, 6) is 0.798. The molecule has 1 saturated heterocycles. The molecule has 0 amide bonds. The SMILES string of the molecule is Cn1ccc2c([C@H](Nc3cc(Cl)c4nnc(C#N)c(N[C@@H]5CCOCC5(C)C)c4c3)c3cn(C45CC(C4)C5)nn3)cccc2c1=O. The average Bonchev–Trinajstić information content (AvgIpc) is 3.46. The summed E-state index contributed by atoms with van der Waals surface area (Å²) < 4.78 is 9.36. The van der Waals surface area contributed by atoms with Crippen LogP contribution in [0.15, 0.2) is 53.6 Å². The van der Waals surface area contributed by atoms with Gasteiger partial charge in [-0.05, 0) is 66.8 Å². The highest BCUT2D eigenvalue weighted by Crippen LogP contribution is 2.62. The van der Waals surface area contributed by atoms with Gasteiger partial charge in [-0.3, -0.25) is 4.79 Å². The van der Waals surface area contributed by atoms with Gasteiger partial charge in [0.15, 0.2) is 5.69 Å². The summed E-state index contributed by atoms with van der Waals surface area (Å²) in [7, 11) is 1.75. The molecule has 4 aliphatic rings. The normalized spacial score (nSPS) is 23.7. The zero-order valence-electron chi connectivity index (χ0n) is 25.9. The first-order chi connectivity index (χ1) is 22.2. The number of hydrogen-bond acceptors (Lipinski definition) is 9. The van der Waals surface area contributed by atoms with Crippen LogP contribution in [0.2, 0.25) is 5.02 Å². The lowest BCUT2D eigenvalue weighted by Crippen LogP contribution is -2.59. The Morgan fingerprint density at radius 3 is 2.67 bits per heavy atom. The van der Waals surface area contributed by atoms with Crippen LogP contribution in [0.1, 0.15) is 62.5 Å². The van der Waals surface area contributed by atoms with Crippen LogP contribution in [0.3, 0.4) is 0 Å². The Balaban J connectivity index is 1.25. The van der Waals surface area contributed by atoms with Crippen LogP contribution in [0.25, 0.3) is 21.7 Å². The number of benzene rings is 2. The molecule has 9 rings (SSSR count). The van der Waals surface area contributed by atoms with E-state index in [0.717, 1.165) is 48.2 Å². The number of aryl methyl sites for hydroxylation is 1. The smallest absolute Gasteiger partial charge is 0.258 e. The number of nitrogens with zero attached hydrogens (tertiary/aromatic N) is 7. The Morgan fingerprint density at radius 2 is 1.93 bits per heavy atom. The summed E-state index contributed by atoms with van der Waals surface area (Å²) in [5, 5.41) is 37.7. The van der Waals surface area contributed by atoms with Gasteiger partial charge in [-0.25, -0.2) is 4.68 Å². The third-order valence-corrected chi connectivity index (χ3v) is 10.6. The number of pyridine rings is 1. The number of anilines is 2. The molecule has 0 spiro atoms. The molecule has 2 atom stereocenters. The molecule has 3 aromatic heterocycles. The first kappa shape index (κ1) is 28.9. The van der Waals surface area contributed by atoms with Crippen molar-refractivity contribution in [3.63, 3.8) is 0 Å². The number of rotatable bonds is 7. The van der Waals surface area contributed by atoms with Crippen LogP contribution < -0.4 is 16.2 Å². The van der Waals surface area contributed by atoms with Gasteiger partial charge >= 0.3 is 0 Å². The van der Waals surface area contributed by atoms with Crippen molar-refractivity contribution in [3.8, 4) is 6.07 Å². The van der Waals surface area contributed by atoms with Crippen molar-refractivity contribution in [2.75, 3.05) is 23.8 Å². The maximum Gasteiger partial charge on any atom is 0.258 e. The third-order valence-electron chi connectivity index (χ3n) is 10.3. The standard InChI is InChI=1S/C34H34ClN9O2/c1-33(2)18-46-10-8-28(33)38-31-24-11-20(12-25(35)29(24)41-39-26(31)16-36)37-30(27-17-44(42-40-27)34-13-19(14-34)15-34)22-5-4-6-23-21(22)7-9-43(3)32(23)45/h4-7,9,11-12,17,19,28,30,37H,8,10,13-15,18H2,1-3H3,(H,38,41)/t19?,28-,30+,34?/m1/s1. The maximum absolute atomic E-state index is 13.1. The van der Waals surface area contributed by atoms with Crippen LogP contribution in [0, 0.1) is 22.7 Å². The molecule has 2 N–H and O–H groups in total. The monoisotopic (exact) mass is 635 g/mol. The molecule has 4 heterocycles. The van der Waals surface area contributed by atoms with E-state index in [0.29, 0.717) is 45.9 Å². The summed E-state index contributed by atoms with van der Waals surface area (Å²) in [6.45, 7) is 5.53. The van der Waals surface area contributed by atoms with Gasteiger partial charge in [0, 0.05) is 47.8 Å². The fraction of sp³-hybridized carbons (Fsp3) is 0.412. The fourth-order valence-electron chi connectivity index (χ4n) is 7.43. The predicted octanol–water partition coefficient (Wildman–Crippen LogP) is 5.54. The zero-order valence-corrected chi connectivity index (χ0v) is 26.7. The molecule has 0 unspecified atom stereocenters. The highest BCUT2D eigenvalue weighted by Gasteiger charge is 2.59. The molecule has 3 saturated carbocycles. The molecule has 11 nitrogen and oxygen atoms in total. The predicted molar refractivity (Wildman–Crippen MR) is 176 cm³/mol. The largest absolute Gasteiger partial charge is 0.381 e. The summed E-state index contributed by atoms with van der Waals surface area (Å²) in [6.07, 6.45) is 8.03. The van der Waals surface area contributed by atoms with Crippen molar-refractivity contribution < 1.29 is 4.74 Å². The minimum absolute atomic E-state index is 0.0502. The van der Waals surface area contributed by atoms with Crippen LogP contribution >= 0.6 is 11.6 Å². The number of nitriles is 1. The highest BCUT2D eigenvalue weighted by atomic mass is 35.5. The molecule has 12 heteroatoms. The minimum atomic E-state index is -0.457. The molecule has 46 heavy (non-hydrogen) atoms. The lowest BCUT2D eigenvalue weighted by atomic mass is 9.50. The van der Waals surface area contributed by atoms with E-state index in [1.54, 1.807) is 17.8 Å². The number of halogens is 1. The maximum atomic E-state index is 13.1. The Morgan fingerprint density at radius 1 is 1.11 bits per heavy atom. The van der Waals surface area contributed by atoms with E-state index in [4.69, 9.17) is 16.3 Å². The summed E-state index contributed by atoms with van der Waals surface area (Å²) in [5.41, 5.74) is 3.47. The second kappa shape index (κ2) is 10.5. The first-order valence-electron chi connectivity index (χ1n) is 15.7. The molecular weight excluding hydrogens is 602 g/mol. The summed E-state index contributed by atoms with van der Waals surface area (Å²) in [6, 6.07) is 13.3. The molecule has 2 aromatic carbocycles. The number of hydrogen-bond donors (Lipinski definition) is 2. The van der Waals surface area contributed by atoms with Crippen LogP contribution in [-0.2, 0) is 17.3 Å². The molecule has 2 bridgehead atoms. The number of aromatic nitrogens is 6. The number of ether oxygens (including phenoxy) is 1. The Labute approximate surface area is 270 Å². The van der Waals surface area contributed by atoms with Crippen molar-refractivity contribution in [2.45, 2.75) is 57.2 Å². The van der Waals surface area contributed by atoms with Crippen molar-refractivity contribution in [2.24, 2.45) is 18.4 Å². The Kier molecular flexibility index (Phi) is 6.60. The van der Waals surface area contributed by atoms with Gasteiger partial charge in [0.2, 0.25) is 0 Å². The van der Waals surface area contributed by atoms with Gasteiger partial charge in [0.25, 0.3) is 5.56 Å². The molecular formula is C34H34ClN9O2. The second-order valence-electron chi connectivity index (χ2n) is 13.8. The topological polar surface area (TPSA) is 136 Å². The van der Waals surface area contributed by atoms with Gasteiger partial charge < -0.3 is 19.9 Å². The Hall–Kier alpha value is -4.53. The van der Waals surface area contributed by atoms with Gasteiger partial charge in [0.05, 0.1) is 35.1 Å². The first-order valence-corrected chi connectivity index (χ1v) is 16.1. The highest BCUT2D eigenvalue weighted by molar-refractivity contribution is 6.35. The van der Waals surface area contributed by atoms with Crippen LogP contribution in [0.5, 0.6) is 0 Å². The van der Waals surface area contributed by atoms with Crippen molar-refractivity contribution >= 4 is 44.7 Å². The van der Waals surface area contributed by atoms with Crippen molar-refractivity contribution in [3.05, 3.63) is 81.1 Å². The van der Waals surface area contributed by atoms with Gasteiger partial charge in [-0.15, -0.1) is 15.3 Å². The van der Waals surface area contributed by atoms with Crippen LogP contribution in [0.4, 0.5) is 11.4 Å². The second-order valence-corrected chi connectivity index (χ2v) is 14.2. The van der Waals surface area contributed by atoms with E-state index in [1.807, 2.05) is 47.3 Å². The summed E-state index contributed by atoms with van der Waals surface area (Å²) >= 11 is 6.88. The fourth-order valence-corrected chi connectivity index (χ4v) is 7.69. The van der Waals surface area contributed by atoms with E-state index in [-0.39, 0.29) is 28.2 Å². The van der Waals surface area contributed by atoms with Crippen LogP contribution in [-0.4, -0.2) is 49.0 Å². The zero-order chi connectivity index (χ0) is 31.8. The molecule has 4 fully saturated rings. The molecule has 234 valence electrons. The molecule has 0 radical (unpaired) electrons. The lowest BCUT2D eigenvalue weighted by molar-refractivity contribution is -0.0989. The van der Waals surface area contributed by atoms with E-state index in [2.05, 4.69) is 51.1 Å². The molecule has 3 aliphatic carbocycles. The molecule has 1 aliphatic heterocycles. The van der Waals surface area contributed by atoms with E-state index >= 15 is 0 Å². The van der Waals surface area contributed by atoms with E-state index in [1.165, 1.54) is 0 Å². The third kappa shape index (κ3) is 4.54. The van der Waals surface area contributed by atoms with E-state index < -0.39 is 6.04 Å².